The van der Waals surface area contributed by atoms with Crippen molar-refractivity contribution in [1.29, 1.82) is 0 Å². The average molecular weight is 271 g/mol. The number of fused-ring (bicyclic) bond motifs is 1. The summed E-state index contributed by atoms with van der Waals surface area (Å²) in [6, 6.07) is 11.4. The molecule has 0 radical (unpaired) electrons. The second-order valence-electron chi connectivity index (χ2n) is 4.87. The highest BCUT2D eigenvalue weighted by Gasteiger charge is 2.10. The van der Waals surface area contributed by atoms with Crippen molar-refractivity contribution >= 4 is 17.7 Å². The summed E-state index contributed by atoms with van der Waals surface area (Å²) in [5.41, 5.74) is 4.63. The zero-order valence-corrected chi connectivity index (χ0v) is 11.3. The molecule has 96 valence electrons. The van der Waals surface area contributed by atoms with Gasteiger partial charge in [0.25, 0.3) is 0 Å². The predicted molar refractivity (Wildman–Crippen MR) is 80.5 cm³/mol. The first-order chi connectivity index (χ1) is 9.24. The molecule has 2 aromatic carbocycles. The average Bonchev–Trinajstić information content (AvgIpc) is 2.63. The number of aryl methyl sites for hydroxylation is 1. The van der Waals surface area contributed by atoms with E-state index in [0.29, 0.717) is 0 Å². The van der Waals surface area contributed by atoms with Gasteiger partial charge in [0.2, 0.25) is 0 Å². The second-order valence-corrected chi connectivity index (χ2v) is 5.28. The zero-order chi connectivity index (χ0) is 13.2. The summed E-state index contributed by atoms with van der Waals surface area (Å²) in [4.78, 5) is 0. The quantitative estimate of drug-likeness (QED) is 0.768. The number of hydrogen-bond donors (Lipinski definition) is 1. The summed E-state index contributed by atoms with van der Waals surface area (Å²) in [6.07, 6.45) is 7.79. The number of rotatable bonds is 1. The van der Waals surface area contributed by atoms with Gasteiger partial charge in [-0.3, -0.25) is 0 Å². The van der Waals surface area contributed by atoms with Gasteiger partial charge >= 0.3 is 0 Å². The largest absolute Gasteiger partial charge is 0.508 e. The van der Waals surface area contributed by atoms with Crippen molar-refractivity contribution in [2.75, 3.05) is 0 Å². The minimum atomic E-state index is 0.273. The van der Waals surface area contributed by atoms with E-state index in [-0.39, 0.29) is 5.75 Å². The van der Waals surface area contributed by atoms with Crippen LogP contribution in [0.25, 0.3) is 17.2 Å². The lowest BCUT2D eigenvalue weighted by Crippen LogP contribution is -1.90. The summed E-state index contributed by atoms with van der Waals surface area (Å²) in [5, 5.41) is 10.1. The maximum absolute atomic E-state index is 9.36. The lowest BCUT2D eigenvalue weighted by atomic mass is 9.97. The summed E-state index contributed by atoms with van der Waals surface area (Å²) >= 11 is 6.40. The molecule has 1 aliphatic carbocycles. The second kappa shape index (κ2) is 5.10. The maximum Gasteiger partial charge on any atom is 0.115 e. The fourth-order valence-corrected chi connectivity index (χ4v) is 2.78. The zero-order valence-electron chi connectivity index (χ0n) is 10.6. The molecule has 19 heavy (non-hydrogen) atoms. The Morgan fingerprint density at radius 2 is 1.84 bits per heavy atom. The molecule has 1 nitrogen and oxygen atoms in total. The van der Waals surface area contributed by atoms with Gasteiger partial charge in [0, 0.05) is 10.6 Å². The van der Waals surface area contributed by atoms with E-state index in [0.717, 1.165) is 29.0 Å². The third-order valence-corrected chi connectivity index (χ3v) is 3.83. The minimum absolute atomic E-state index is 0.273. The molecular weight excluding hydrogens is 256 g/mol. The number of benzene rings is 2. The maximum atomic E-state index is 9.36. The third-order valence-electron chi connectivity index (χ3n) is 3.52. The van der Waals surface area contributed by atoms with Crippen LogP contribution in [0.5, 0.6) is 5.75 Å². The Balaban J connectivity index is 2.11. The highest BCUT2D eigenvalue weighted by atomic mass is 35.5. The molecule has 1 N–H and O–H groups in total. The molecule has 0 aliphatic heterocycles. The highest BCUT2D eigenvalue weighted by Crippen LogP contribution is 2.33. The number of hydrogen-bond acceptors (Lipinski definition) is 1. The van der Waals surface area contributed by atoms with E-state index in [1.54, 1.807) is 12.1 Å². The van der Waals surface area contributed by atoms with E-state index in [9.17, 15) is 5.11 Å². The number of aromatic hydroxyl groups is 1. The fourth-order valence-electron chi connectivity index (χ4n) is 2.49. The molecule has 0 saturated heterocycles. The Hall–Kier alpha value is -1.73. The minimum Gasteiger partial charge on any atom is -0.508 e. The topological polar surface area (TPSA) is 20.2 Å². The number of phenols is 1. The van der Waals surface area contributed by atoms with E-state index >= 15 is 0 Å². The standard InChI is InChI=1S/C17H15ClO/c18-17-11-14-5-3-1-2-4-13(14)10-16(17)12-6-8-15(19)9-7-12/h2,4,6-11,19H,1,3,5H2. The van der Waals surface area contributed by atoms with Crippen LogP contribution in [0.3, 0.4) is 0 Å². The van der Waals surface area contributed by atoms with Crippen molar-refractivity contribution in [3.8, 4) is 16.9 Å². The lowest BCUT2D eigenvalue weighted by molar-refractivity contribution is 0.475. The van der Waals surface area contributed by atoms with Crippen molar-refractivity contribution < 1.29 is 5.11 Å². The van der Waals surface area contributed by atoms with Crippen molar-refractivity contribution in [3.05, 3.63) is 58.6 Å². The van der Waals surface area contributed by atoms with Crippen LogP contribution in [0.1, 0.15) is 24.0 Å². The molecule has 0 amide bonds. The molecule has 0 saturated carbocycles. The molecule has 2 heteroatoms. The third kappa shape index (κ3) is 2.52. The van der Waals surface area contributed by atoms with E-state index < -0.39 is 0 Å². The Kier molecular flexibility index (Phi) is 3.31. The number of halogens is 1. The number of phenolic OH excluding ortho intramolecular Hbond substituents is 1. The Labute approximate surface area is 118 Å². The van der Waals surface area contributed by atoms with Crippen molar-refractivity contribution in [2.24, 2.45) is 0 Å². The molecule has 0 spiro atoms. The van der Waals surface area contributed by atoms with Gasteiger partial charge in [-0.05, 0) is 60.2 Å². The Morgan fingerprint density at radius 1 is 1.05 bits per heavy atom. The van der Waals surface area contributed by atoms with Crippen molar-refractivity contribution in [1.82, 2.24) is 0 Å². The van der Waals surface area contributed by atoms with E-state index in [1.165, 1.54) is 17.5 Å². The SMILES string of the molecule is Oc1ccc(-c2cc3c(cc2Cl)CCCC=C3)cc1. The molecule has 2 aromatic rings. The van der Waals surface area contributed by atoms with Crippen molar-refractivity contribution in [3.63, 3.8) is 0 Å². The molecule has 0 atom stereocenters. The predicted octanol–water partition coefficient (Wildman–Crippen LogP) is 5.06. The monoisotopic (exact) mass is 270 g/mol. The summed E-state index contributed by atoms with van der Waals surface area (Å²) in [6.45, 7) is 0. The van der Waals surface area contributed by atoms with Gasteiger partial charge < -0.3 is 5.11 Å². The molecule has 0 fully saturated rings. The summed E-state index contributed by atoms with van der Waals surface area (Å²) < 4.78 is 0. The van der Waals surface area contributed by atoms with Gasteiger partial charge in [0.1, 0.15) is 5.75 Å². The van der Waals surface area contributed by atoms with Crippen LogP contribution >= 0.6 is 11.6 Å². The molecule has 0 bridgehead atoms. The van der Waals surface area contributed by atoms with Crippen LogP contribution in [-0.4, -0.2) is 5.11 Å². The van der Waals surface area contributed by atoms with Crippen LogP contribution < -0.4 is 0 Å². The van der Waals surface area contributed by atoms with Gasteiger partial charge in [0.05, 0.1) is 0 Å². The first kappa shape index (κ1) is 12.3. The summed E-state index contributed by atoms with van der Waals surface area (Å²) in [5.74, 6) is 0.273. The van der Waals surface area contributed by atoms with Crippen LogP contribution in [-0.2, 0) is 6.42 Å². The number of allylic oxidation sites excluding steroid dienone is 1. The molecular formula is C17H15ClO. The van der Waals surface area contributed by atoms with Gasteiger partial charge in [0.15, 0.2) is 0 Å². The van der Waals surface area contributed by atoms with E-state index in [4.69, 9.17) is 11.6 Å². The van der Waals surface area contributed by atoms with Crippen LogP contribution in [0.15, 0.2) is 42.5 Å². The van der Waals surface area contributed by atoms with Gasteiger partial charge in [-0.1, -0.05) is 35.9 Å². The normalized spacial score (nSPS) is 13.9. The first-order valence-electron chi connectivity index (χ1n) is 6.52. The van der Waals surface area contributed by atoms with Gasteiger partial charge in [-0.15, -0.1) is 0 Å². The highest BCUT2D eigenvalue weighted by molar-refractivity contribution is 6.33. The molecule has 0 unspecified atom stereocenters. The Morgan fingerprint density at radius 3 is 2.63 bits per heavy atom. The lowest BCUT2D eigenvalue weighted by Gasteiger charge is -2.10. The van der Waals surface area contributed by atoms with Gasteiger partial charge in [-0.2, -0.15) is 0 Å². The van der Waals surface area contributed by atoms with E-state index in [2.05, 4.69) is 24.3 Å². The van der Waals surface area contributed by atoms with E-state index in [1.807, 2.05) is 12.1 Å². The molecule has 3 rings (SSSR count). The van der Waals surface area contributed by atoms with Crippen LogP contribution in [0, 0.1) is 0 Å². The van der Waals surface area contributed by atoms with Crippen LogP contribution in [0.2, 0.25) is 5.02 Å². The van der Waals surface area contributed by atoms with Crippen LogP contribution in [0.4, 0.5) is 0 Å². The summed E-state index contributed by atoms with van der Waals surface area (Å²) in [7, 11) is 0. The molecule has 0 heterocycles. The van der Waals surface area contributed by atoms with Crippen molar-refractivity contribution in [2.45, 2.75) is 19.3 Å². The smallest absolute Gasteiger partial charge is 0.115 e. The molecule has 1 aliphatic rings. The fraction of sp³-hybridized carbons (Fsp3) is 0.176. The Bertz CT molecular complexity index is 626. The molecule has 0 aromatic heterocycles. The van der Waals surface area contributed by atoms with Gasteiger partial charge in [-0.25, -0.2) is 0 Å². The first-order valence-corrected chi connectivity index (χ1v) is 6.90.